The predicted molar refractivity (Wildman–Crippen MR) is 93.0 cm³/mol. The number of nitrogens with two attached hydrogens (primary N) is 1. The van der Waals surface area contributed by atoms with Crippen molar-refractivity contribution in [1.82, 2.24) is 5.32 Å². The summed E-state index contributed by atoms with van der Waals surface area (Å²) in [4.78, 5) is 47.8. The van der Waals surface area contributed by atoms with Crippen LogP contribution in [-0.4, -0.2) is 44.0 Å². The van der Waals surface area contributed by atoms with Gasteiger partial charge in [0.25, 0.3) is 0 Å². The van der Waals surface area contributed by atoms with Crippen LogP contribution in [0.5, 0.6) is 0 Å². The highest BCUT2D eigenvalue weighted by molar-refractivity contribution is 5.97. The molecule has 0 radical (unpaired) electrons. The van der Waals surface area contributed by atoms with Gasteiger partial charge in [-0.3, -0.25) is 19.2 Å². The van der Waals surface area contributed by atoms with Crippen molar-refractivity contribution < 1.29 is 41.8 Å². The Bertz CT molecular complexity index is 748. The highest BCUT2D eigenvalue weighted by Gasteiger charge is 2.41. The van der Waals surface area contributed by atoms with Crippen molar-refractivity contribution in [3.63, 3.8) is 0 Å². The van der Waals surface area contributed by atoms with Crippen molar-refractivity contribution in [3.05, 3.63) is 35.4 Å². The lowest BCUT2D eigenvalue weighted by atomic mass is 9.86. The first-order chi connectivity index (χ1) is 13.4. The number of nitrogens with one attached hydrogen (secondary N) is 1. The van der Waals surface area contributed by atoms with E-state index in [-0.39, 0.29) is 12.0 Å². The van der Waals surface area contributed by atoms with E-state index in [2.05, 4.69) is 14.8 Å². The lowest BCUT2D eigenvalue weighted by Gasteiger charge is -2.26. The summed E-state index contributed by atoms with van der Waals surface area (Å²) in [5, 5.41) is 2.30. The summed E-state index contributed by atoms with van der Waals surface area (Å²) in [6, 6.07) is 2.45. The Labute approximate surface area is 164 Å². The summed E-state index contributed by atoms with van der Waals surface area (Å²) in [6.07, 6.45) is -4.86. The van der Waals surface area contributed by atoms with Crippen LogP contribution in [0.3, 0.4) is 0 Å². The maximum atomic E-state index is 12.6. The van der Waals surface area contributed by atoms with Crippen LogP contribution in [-0.2, 0) is 41.2 Å². The number of hydrogen-bond donors (Lipinski definition) is 2. The SMILES string of the molecule is COC(=O)C(C(=O)OC)[C@H](C)[C@@H](NC(=O)Cc1ccc(C(F)(F)F)cc1)C(N)=O. The number of carbonyl (C=O) groups is 4. The van der Waals surface area contributed by atoms with Crippen LogP contribution in [0.15, 0.2) is 24.3 Å². The minimum absolute atomic E-state index is 0.254. The average molecular weight is 418 g/mol. The van der Waals surface area contributed by atoms with E-state index in [0.717, 1.165) is 38.5 Å². The molecule has 0 saturated carbocycles. The number of rotatable bonds is 8. The molecule has 0 spiro atoms. The molecular formula is C18H21F3N2O6. The van der Waals surface area contributed by atoms with Crippen molar-refractivity contribution in [2.24, 2.45) is 17.6 Å². The van der Waals surface area contributed by atoms with Crippen LogP contribution < -0.4 is 11.1 Å². The number of carbonyl (C=O) groups excluding carboxylic acids is 4. The van der Waals surface area contributed by atoms with Crippen molar-refractivity contribution in [2.75, 3.05) is 14.2 Å². The summed E-state index contributed by atoms with van der Waals surface area (Å²) in [5.41, 5.74) is 4.67. The first-order valence-electron chi connectivity index (χ1n) is 8.32. The first-order valence-corrected chi connectivity index (χ1v) is 8.32. The summed E-state index contributed by atoms with van der Waals surface area (Å²) >= 11 is 0. The lowest BCUT2D eigenvalue weighted by Crippen LogP contribution is -2.53. The van der Waals surface area contributed by atoms with Crippen molar-refractivity contribution in [2.45, 2.75) is 25.6 Å². The monoisotopic (exact) mass is 418 g/mol. The van der Waals surface area contributed by atoms with Gasteiger partial charge < -0.3 is 20.5 Å². The fourth-order valence-corrected chi connectivity index (χ4v) is 2.66. The smallest absolute Gasteiger partial charge is 0.416 e. The highest BCUT2D eigenvalue weighted by Crippen LogP contribution is 2.29. The Kier molecular flexibility index (Phi) is 8.16. The zero-order chi connectivity index (χ0) is 22.4. The number of amides is 2. The molecule has 1 rings (SSSR count). The standard InChI is InChI=1S/C18H21F3N2O6/c1-9(13(16(26)28-2)17(27)29-3)14(15(22)25)23-12(24)8-10-4-6-11(7-5-10)18(19,20)21/h4-7,9,13-14H,8H2,1-3H3,(H2,22,25)(H,23,24)/t9-,14+/m0/s1. The number of benzene rings is 1. The van der Waals surface area contributed by atoms with E-state index in [9.17, 15) is 32.3 Å². The zero-order valence-corrected chi connectivity index (χ0v) is 15.9. The van der Waals surface area contributed by atoms with Gasteiger partial charge in [-0.1, -0.05) is 19.1 Å². The second-order valence-electron chi connectivity index (χ2n) is 6.20. The Morgan fingerprint density at radius 2 is 1.52 bits per heavy atom. The van der Waals surface area contributed by atoms with Gasteiger partial charge in [0.2, 0.25) is 11.8 Å². The largest absolute Gasteiger partial charge is 0.468 e. The molecule has 0 heterocycles. The van der Waals surface area contributed by atoms with Crippen LogP contribution in [0, 0.1) is 11.8 Å². The molecule has 0 aliphatic carbocycles. The summed E-state index contributed by atoms with van der Waals surface area (Å²) in [7, 11) is 2.07. The van der Waals surface area contributed by atoms with E-state index < -0.39 is 53.4 Å². The highest BCUT2D eigenvalue weighted by atomic mass is 19.4. The summed E-state index contributed by atoms with van der Waals surface area (Å²) < 4.78 is 46.8. The van der Waals surface area contributed by atoms with Crippen LogP contribution in [0.25, 0.3) is 0 Å². The Morgan fingerprint density at radius 3 is 1.90 bits per heavy atom. The van der Waals surface area contributed by atoms with Gasteiger partial charge in [0.05, 0.1) is 26.2 Å². The van der Waals surface area contributed by atoms with Gasteiger partial charge in [0.1, 0.15) is 6.04 Å². The molecule has 1 aromatic rings. The summed E-state index contributed by atoms with van der Waals surface area (Å²) in [6.45, 7) is 1.33. The van der Waals surface area contributed by atoms with E-state index in [1.807, 2.05) is 0 Å². The molecule has 160 valence electrons. The van der Waals surface area contributed by atoms with E-state index in [4.69, 9.17) is 5.73 Å². The maximum Gasteiger partial charge on any atom is 0.416 e. The molecule has 11 heteroatoms. The number of ether oxygens (including phenoxy) is 2. The van der Waals surface area contributed by atoms with Gasteiger partial charge in [-0.15, -0.1) is 0 Å². The van der Waals surface area contributed by atoms with E-state index in [0.29, 0.717) is 0 Å². The Balaban J connectivity index is 2.94. The predicted octanol–water partition coefficient (Wildman–Crippen LogP) is 0.816. The topological polar surface area (TPSA) is 125 Å². The second-order valence-corrected chi connectivity index (χ2v) is 6.20. The fourth-order valence-electron chi connectivity index (χ4n) is 2.66. The second kappa shape index (κ2) is 9.89. The molecule has 0 bridgehead atoms. The minimum atomic E-state index is -4.51. The van der Waals surface area contributed by atoms with Crippen LogP contribution >= 0.6 is 0 Å². The fraction of sp³-hybridized carbons (Fsp3) is 0.444. The van der Waals surface area contributed by atoms with Crippen LogP contribution in [0.2, 0.25) is 0 Å². The molecule has 3 N–H and O–H groups in total. The van der Waals surface area contributed by atoms with Crippen LogP contribution in [0.4, 0.5) is 13.2 Å². The quantitative estimate of drug-likeness (QED) is 0.476. The average Bonchev–Trinajstić information content (AvgIpc) is 2.65. The molecule has 0 aliphatic heterocycles. The normalized spacial score (nSPS) is 13.3. The third kappa shape index (κ3) is 6.47. The molecule has 0 aliphatic rings. The summed E-state index contributed by atoms with van der Waals surface area (Å²) in [5.74, 6) is -6.34. The number of methoxy groups -OCH3 is 2. The molecule has 2 atom stereocenters. The van der Waals surface area contributed by atoms with Crippen molar-refractivity contribution in [3.8, 4) is 0 Å². The van der Waals surface area contributed by atoms with Crippen molar-refractivity contribution >= 4 is 23.8 Å². The van der Waals surface area contributed by atoms with E-state index in [1.165, 1.54) is 6.92 Å². The van der Waals surface area contributed by atoms with Crippen molar-refractivity contribution in [1.29, 1.82) is 0 Å². The number of esters is 2. The third-order valence-corrected chi connectivity index (χ3v) is 4.23. The maximum absolute atomic E-state index is 12.6. The zero-order valence-electron chi connectivity index (χ0n) is 15.9. The van der Waals surface area contributed by atoms with Gasteiger partial charge in [-0.05, 0) is 17.7 Å². The van der Waals surface area contributed by atoms with Gasteiger partial charge in [-0.2, -0.15) is 13.2 Å². The van der Waals surface area contributed by atoms with Gasteiger partial charge in [0, 0.05) is 5.92 Å². The molecule has 0 unspecified atom stereocenters. The molecule has 2 amide bonds. The van der Waals surface area contributed by atoms with Crippen LogP contribution in [0.1, 0.15) is 18.1 Å². The number of hydrogen-bond acceptors (Lipinski definition) is 6. The van der Waals surface area contributed by atoms with Gasteiger partial charge in [-0.25, -0.2) is 0 Å². The van der Waals surface area contributed by atoms with Gasteiger partial charge >= 0.3 is 18.1 Å². The van der Waals surface area contributed by atoms with E-state index >= 15 is 0 Å². The molecule has 29 heavy (non-hydrogen) atoms. The first kappa shape index (κ1) is 23.9. The Morgan fingerprint density at radius 1 is 1.03 bits per heavy atom. The molecule has 0 aromatic heterocycles. The van der Waals surface area contributed by atoms with Gasteiger partial charge in [0.15, 0.2) is 5.92 Å². The van der Waals surface area contributed by atoms with E-state index in [1.54, 1.807) is 0 Å². The molecule has 0 saturated heterocycles. The number of primary amides is 1. The molecular weight excluding hydrogens is 397 g/mol. The molecule has 8 nitrogen and oxygen atoms in total. The molecule has 1 aromatic carbocycles. The number of alkyl halides is 3. The Hall–Kier alpha value is -3.11. The number of halogens is 3. The lowest BCUT2D eigenvalue weighted by molar-refractivity contribution is -0.162. The third-order valence-electron chi connectivity index (χ3n) is 4.23. The minimum Gasteiger partial charge on any atom is -0.468 e. The molecule has 0 fully saturated rings.